The van der Waals surface area contributed by atoms with Crippen molar-refractivity contribution in [2.45, 2.75) is 13.3 Å². The fourth-order valence-corrected chi connectivity index (χ4v) is 2.37. The predicted octanol–water partition coefficient (Wildman–Crippen LogP) is 0.468. The summed E-state index contributed by atoms with van der Waals surface area (Å²) in [5, 5.41) is 14.3. The summed E-state index contributed by atoms with van der Waals surface area (Å²) < 4.78 is 10.8. The molecule has 1 amide bonds. The number of hydrogen-bond acceptors (Lipinski definition) is 6. The first-order valence-electron chi connectivity index (χ1n) is 5.29. The molecule has 0 fully saturated rings. The SMILES string of the molecule is CCNc1nnc(C(=O)NCCCS(C)=O)s1. The average molecular weight is 276 g/mol. The number of aromatic nitrogens is 2. The molecule has 96 valence electrons. The first kappa shape index (κ1) is 14.0. The molecule has 1 heterocycles. The van der Waals surface area contributed by atoms with Crippen LogP contribution in [0.2, 0.25) is 0 Å². The third-order valence-electron chi connectivity index (χ3n) is 1.84. The van der Waals surface area contributed by atoms with Crippen molar-refractivity contribution in [1.82, 2.24) is 15.5 Å². The van der Waals surface area contributed by atoms with Crippen molar-refractivity contribution in [1.29, 1.82) is 0 Å². The van der Waals surface area contributed by atoms with Gasteiger partial charge in [-0.2, -0.15) is 0 Å². The fraction of sp³-hybridized carbons (Fsp3) is 0.667. The summed E-state index contributed by atoms with van der Waals surface area (Å²) in [6.45, 7) is 3.21. The van der Waals surface area contributed by atoms with Crippen LogP contribution in [0.1, 0.15) is 23.1 Å². The molecule has 1 aromatic heterocycles. The van der Waals surface area contributed by atoms with Crippen LogP contribution in [0.5, 0.6) is 0 Å². The first-order chi connectivity index (χ1) is 8.13. The van der Waals surface area contributed by atoms with Crippen molar-refractivity contribution in [3.8, 4) is 0 Å². The summed E-state index contributed by atoms with van der Waals surface area (Å²) in [6, 6.07) is 0. The Morgan fingerprint density at radius 1 is 1.47 bits per heavy atom. The van der Waals surface area contributed by atoms with Crippen LogP contribution < -0.4 is 10.6 Å². The van der Waals surface area contributed by atoms with E-state index in [4.69, 9.17) is 0 Å². The highest BCUT2D eigenvalue weighted by atomic mass is 32.2. The van der Waals surface area contributed by atoms with Crippen LogP contribution in [-0.2, 0) is 10.8 Å². The van der Waals surface area contributed by atoms with E-state index in [1.807, 2.05) is 6.92 Å². The highest BCUT2D eigenvalue weighted by Gasteiger charge is 2.11. The fourth-order valence-electron chi connectivity index (χ4n) is 1.09. The van der Waals surface area contributed by atoms with Crippen molar-refractivity contribution in [3.05, 3.63) is 5.01 Å². The molecular weight excluding hydrogens is 260 g/mol. The molecule has 0 bridgehead atoms. The number of carbonyl (C=O) groups is 1. The van der Waals surface area contributed by atoms with Gasteiger partial charge >= 0.3 is 0 Å². The van der Waals surface area contributed by atoms with E-state index >= 15 is 0 Å². The quantitative estimate of drug-likeness (QED) is 0.707. The van der Waals surface area contributed by atoms with E-state index in [-0.39, 0.29) is 5.91 Å². The summed E-state index contributed by atoms with van der Waals surface area (Å²) >= 11 is 1.22. The number of rotatable bonds is 7. The standard InChI is InChI=1S/C9H16N4O2S2/c1-3-10-9-13-12-8(16-9)7(14)11-5-4-6-17(2)15/h3-6H2,1-2H3,(H,10,13)(H,11,14). The van der Waals surface area contributed by atoms with Crippen LogP contribution in [-0.4, -0.2) is 45.4 Å². The van der Waals surface area contributed by atoms with Crippen LogP contribution in [0, 0.1) is 0 Å². The zero-order valence-corrected chi connectivity index (χ0v) is 11.5. The lowest BCUT2D eigenvalue weighted by molar-refractivity contribution is 0.0952. The molecule has 0 saturated carbocycles. The topological polar surface area (TPSA) is 84.0 Å². The molecule has 1 atom stereocenters. The predicted molar refractivity (Wildman–Crippen MR) is 70.0 cm³/mol. The second kappa shape index (κ2) is 7.33. The van der Waals surface area contributed by atoms with E-state index in [1.54, 1.807) is 6.26 Å². The van der Waals surface area contributed by atoms with Crippen LogP contribution in [0.15, 0.2) is 0 Å². The third kappa shape index (κ3) is 5.22. The normalized spacial score (nSPS) is 12.1. The zero-order valence-electron chi connectivity index (χ0n) is 9.86. The van der Waals surface area contributed by atoms with Gasteiger partial charge in [-0.3, -0.25) is 9.00 Å². The maximum atomic E-state index is 11.6. The summed E-state index contributed by atoms with van der Waals surface area (Å²) in [5.74, 6) is 0.368. The van der Waals surface area contributed by atoms with Gasteiger partial charge in [-0.15, -0.1) is 10.2 Å². The molecule has 0 aliphatic rings. The molecule has 0 aliphatic heterocycles. The van der Waals surface area contributed by atoms with Gasteiger partial charge in [0.2, 0.25) is 10.1 Å². The maximum Gasteiger partial charge on any atom is 0.282 e. The van der Waals surface area contributed by atoms with Crippen LogP contribution in [0.25, 0.3) is 0 Å². The molecule has 2 N–H and O–H groups in total. The lowest BCUT2D eigenvalue weighted by Gasteiger charge is -2.00. The molecule has 8 heteroatoms. The number of anilines is 1. The Morgan fingerprint density at radius 2 is 2.24 bits per heavy atom. The van der Waals surface area contributed by atoms with Crippen molar-refractivity contribution in [2.75, 3.05) is 30.4 Å². The highest BCUT2D eigenvalue weighted by molar-refractivity contribution is 7.84. The first-order valence-corrected chi connectivity index (χ1v) is 7.83. The zero-order chi connectivity index (χ0) is 12.7. The largest absolute Gasteiger partial charge is 0.360 e. The number of hydrogen-bond donors (Lipinski definition) is 2. The van der Waals surface area contributed by atoms with E-state index < -0.39 is 10.8 Å². The maximum absolute atomic E-state index is 11.6. The molecule has 0 spiro atoms. The molecule has 0 aromatic carbocycles. The summed E-state index contributed by atoms with van der Waals surface area (Å²) in [4.78, 5) is 11.6. The molecule has 0 saturated heterocycles. The minimum atomic E-state index is -0.810. The molecule has 0 aliphatic carbocycles. The number of nitrogens with one attached hydrogen (secondary N) is 2. The van der Waals surface area contributed by atoms with E-state index in [0.717, 1.165) is 6.54 Å². The summed E-state index contributed by atoms with van der Waals surface area (Å²) in [6.07, 6.45) is 2.35. The minimum Gasteiger partial charge on any atom is -0.360 e. The smallest absolute Gasteiger partial charge is 0.282 e. The van der Waals surface area contributed by atoms with Crippen molar-refractivity contribution in [3.63, 3.8) is 0 Å². The molecule has 6 nitrogen and oxygen atoms in total. The van der Waals surface area contributed by atoms with E-state index in [0.29, 0.717) is 28.9 Å². The van der Waals surface area contributed by atoms with Crippen molar-refractivity contribution in [2.24, 2.45) is 0 Å². The Kier molecular flexibility index (Phi) is 6.06. The lowest BCUT2D eigenvalue weighted by atomic mass is 10.4. The van der Waals surface area contributed by atoms with Gasteiger partial charge in [-0.1, -0.05) is 11.3 Å². The van der Waals surface area contributed by atoms with Gasteiger partial charge in [-0.25, -0.2) is 0 Å². The Balaban J connectivity index is 2.33. The molecule has 1 unspecified atom stereocenters. The molecule has 1 rings (SSSR count). The average Bonchev–Trinajstić information content (AvgIpc) is 2.73. The van der Waals surface area contributed by atoms with E-state index in [9.17, 15) is 9.00 Å². The minimum absolute atomic E-state index is 0.228. The monoisotopic (exact) mass is 276 g/mol. The summed E-state index contributed by atoms with van der Waals surface area (Å²) in [5.41, 5.74) is 0. The van der Waals surface area contributed by atoms with Crippen molar-refractivity contribution < 1.29 is 9.00 Å². The number of amides is 1. The van der Waals surface area contributed by atoms with E-state index in [1.165, 1.54) is 11.3 Å². The van der Waals surface area contributed by atoms with Gasteiger partial charge in [0.25, 0.3) is 5.91 Å². The van der Waals surface area contributed by atoms with Gasteiger partial charge in [0, 0.05) is 35.9 Å². The highest BCUT2D eigenvalue weighted by Crippen LogP contribution is 2.14. The van der Waals surface area contributed by atoms with Gasteiger partial charge in [-0.05, 0) is 13.3 Å². The number of carbonyl (C=O) groups excluding carboxylic acids is 1. The Morgan fingerprint density at radius 3 is 2.88 bits per heavy atom. The second-order valence-electron chi connectivity index (χ2n) is 3.33. The number of nitrogens with zero attached hydrogens (tertiary/aromatic N) is 2. The Hall–Kier alpha value is -1.02. The van der Waals surface area contributed by atoms with Gasteiger partial charge in [0.05, 0.1) is 0 Å². The van der Waals surface area contributed by atoms with Crippen molar-refractivity contribution >= 4 is 33.2 Å². The molecule has 0 radical (unpaired) electrons. The second-order valence-corrected chi connectivity index (χ2v) is 5.86. The summed E-state index contributed by atoms with van der Waals surface area (Å²) in [7, 11) is -0.810. The van der Waals surface area contributed by atoms with E-state index in [2.05, 4.69) is 20.8 Å². The Bertz CT molecular complexity index is 394. The molecular formula is C9H16N4O2S2. The molecule has 1 aromatic rings. The van der Waals surface area contributed by atoms with Crippen LogP contribution in [0.4, 0.5) is 5.13 Å². The van der Waals surface area contributed by atoms with Crippen LogP contribution in [0.3, 0.4) is 0 Å². The third-order valence-corrected chi connectivity index (χ3v) is 3.58. The van der Waals surface area contributed by atoms with Gasteiger partial charge in [0.1, 0.15) is 0 Å². The van der Waals surface area contributed by atoms with Gasteiger partial charge < -0.3 is 10.6 Å². The lowest BCUT2D eigenvalue weighted by Crippen LogP contribution is -2.25. The van der Waals surface area contributed by atoms with Gasteiger partial charge in [0.15, 0.2) is 0 Å². The Labute approximate surface area is 107 Å². The van der Waals surface area contributed by atoms with Crippen LogP contribution >= 0.6 is 11.3 Å². The molecule has 17 heavy (non-hydrogen) atoms.